The number of hydrogen-bond donors (Lipinski definition) is 0. The van der Waals surface area contributed by atoms with Gasteiger partial charge >= 0.3 is 12.3 Å². The van der Waals surface area contributed by atoms with Crippen LogP contribution in [-0.2, 0) is 12.5 Å². The number of alkyl halides is 5. The predicted octanol–water partition coefficient (Wildman–Crippen LogP) is 12.5. The average molecular weight is 762 g/mol. The van der Waals surface area contributed by atoms with Crippen LogP contribution in [0.1, 0.15) is 42.9 Å². The second-order valence-corrected chi connectivity index (χ2v) is 12.2. The summed E-state index contributed by atoms with van der Waals surface area (Å²) in [6.45, 7) is 2.09. The Bertz CT molecular complexity index is 2460. The molecule has 0 saturated heterocycles. The van der Waals surface area contributed by atoms with Gasteiger partial charge in [0.15, 0.2) is 5.82 Å². The van der Waals surface area contributed by atoms with Gasteiger partial charge in [0.05, 0.1) is 22.2 Å². The second kappa shape index (κ2) is 14.6. The van der Waals surface area contributed by atoms with E-state index >= 15 is 26.3 Å². The minimum atomic E-state index is -5.15. The van der Waals surface area contributed by atoms with Crippen LogP contribution in [0.15, 0.2) is 72.9 Å². The summed E-state index contributed by atoms with van der Waals surface area (Å²) in [4.78, 5) is 4.43. The Balaban J connectivity index is 1.30. The zero-order valence-corrected chi connectivity index (χ0v) is 27.6. The standard InChI is InChI=1S/C40H23F12NO/c1-2-3-4-5-20-6-9-33(53-19-20)21-7-8-26-22(12-21)14-29(42)35(37(26)46)24-16-31(44)36(32(45)17-24)40(51,52)54-25-13-23-15-28(41)27(10-11-39(48,49)50)38(47)34(23)30(43)18-25/h6-9,12-19H,2-5H2,1H3. The average Bonchev–Trinajstić information content (AvgIpc) is 3.07. The highest BCUT2D eigenvalue weighted by Gasteiger charge is 2.42. The first-order valence-electron chi connectivity index (χ1n) is 16.1. The zero-order chi connectivity index (χ0) is 39.1. The van der Waals surface area contributed by atoms with Gasteiger partial charge in [0.1, 0.15) is 46.2 Å². The maximum atomic E-state index is 15.8. The minimum Gasteiger partial charge on any atom is -0.429 e. The maximum Gasteiger partial charge on any atom is 0.458 e. The number of pyridine rings is 1. The highest BCUT2D eigenvalue weighted by molar-refractivity contribution is 5.92. The normalized spacial score (nSPS) is 11.9. The van der Waals surface area contributed by atoms with Crippen LogP contribution in [-0.4, -0.2) is 11.2 Å². The van der Waals surface area contributed by atoms with Crippen molar-refractivity contribution in [1.82, 2.24) is 4.98 Å². The van der Waals surface area contributed by atoms with Gasteiger partial charge in [0, 0.05) is 29.1 Å². The Morgan fingerprint density at radius 2 is 1.37 bits per heavy atom. The fourth-order valence-electron chi connectivity index (χ4n) is 5.96. The number of aryl methyl sites for hydroxylation is 1. The van der Waals surface area contributed by atoms with Crippen LogP contribution in [0.5, 0.6) is 5.75 Å². The van der Waals surface area contributed by atoms with Crippen molar-refractivity contribution in [3.05, 3.63) is 130 Å². The highest BCUT2D eigenvalue weighted by Crippen LogP contribution is 2.41. The van der Waals surface area contributed by atoms with E-state index in [4.69, 9.17) is 0 Å². The van der Waals surface area contributed by atoms with Crippen molar-refractivity contribution in [1.29, 1.82) is 0 Å². The zero-order valence-electron chi connectivity index (χ0n) is 27.6. The Morgan fingerprint density at radius 1 is 0.667 bits per heavy atom. The Hall–Kier alpha value is -5.71. The SMILES string of the molecule is CCCCCc1ccc(-c2ccc3c(F)c(-c4cc(F)c(C(F)(F)Oc5cc(F)c6c(F)c(C#CC(F)(F)F)c(F)cc6c5)c(F)c4)c(F)cc3c2)nc1. The molecule has 6 aromatic rings. The molecule has 0 unspecified atom stereocenters. The van der Waals surface area contributed by atoms with E-state index < -0.39 is 91.8 Å². The number of rotatable bonds is 9. The first-order valence-corrected chi connectivity index (χ1v) is 16.1. The van der Waals surface area contributed by atoms with Crippen molar-refractivity contribution < 1.29 is 57.4 Å². The monoisotopic (exact) mass is 761 g/mol. The lowest BCUT2D eigenvalue weighted by Gasteiger charge is -2.21. The summed E-state index contributed by atoms with van der Waals surface area (Å²) in [7, 11) is 0. The third kappa shape index (κ3) is 7.67. The van der Waals surface area contributed by atoms with Gasteiger partial charge in [-0.3, -0.25) is 4.98 Å². The van der Waals surface area contributed by atoms with Crippen LogP contribution >= 0.6 is 0 Å². The lowest BCUT2D eigenvalue weighted by Crippen LogP contribution is -2.25. The first-order chi connectivity index (χ1) is 25.5. The van der Waals surface area contributed by atoms with E-state index in [1.54, 1.807) is 12.3 Å². The van der Waals surface area contributed by atoms with E-state index in [-0.39, 0.29) is 29.0 Å². The molecule has 0 saturated carbocycles. The van der Waals surface area contributed by atoms with E-state index in [9.17, 15) is 26.3 Å². The smallest absolute Gasteiger partial charge is 0.429 e. The fourth-order valence-corrected chi connectivity index (χ4v) is 5.96. The van der Waals surface area contributed by atoms with Gasteiger partial charge in [-0.2, -0.15) is 22.0 Å². The van der Waals surface area contributed by atoms with Crippen molar-refractivity contribution in [2.45, 2.75) is 44.9 Å². The largest absolute Gasteiger partial charge is 0.458 e. The van der Waals surface area contributed by atoms with Gasteiger partial charge in [-0.25, -0.2) is 30.7 Å². The van der Waals surface area contributed by atoms with E-state index in [1.165, 1.54) is 24.1 Å². The summed E-state index contributed by atoms with van der Waals surface area (Å²) >= 11 is 0. The van der Waals surface area contributed by atoms with Crippen LogP contribution in [0, 0.1) is 52.6 Å². The third-order valence-corrected chi connectivity index (χ3v) is 8.47. The molecule has 54 heavy (non-hydrogen) atoms. The Morgan fingerprint density at radius 3 is 2.02 bits per heavy atom. The number of fused-ring (bicyclic) bond motifs is 2. The molecule has 0 bridgehead atoms. The van der Waals surface area contributed by atoms with Crippen molar-refractivity contribution >= 4 is 21.5 Å². The molecule has 0 amide bonds. The molecule has 1 aromatic heterocycles. The topological polar surface area (TPSA) is 22.1 Å². The quantitative estimate of drug-likeness (QED) is 0.0832. The molecule has 278 valence electrons. The Labute approximate surface area is 299 Å². The molecule has 1 heterocycles. The fraction of sp³-hybridized carbons (Fsp3) is 0.175. The van der Waals surface area contributed by atoms with Crippen LogP contribution in [0.4, 0.5) is 52.7 Å². The van der Waals surface area contributed by atoms with Crippen molar-refractivity contribution in [2.75, 3.05) is 0 Å². The van der Waals surface area contributed by atoms with Crippen LogP contribution in [0.3, 0.4) is 0 Å². The van der Waals surface area contributed by atoms with Gasteiger partial charge in [-0.15, -0.1) is 0 Å². The number of halogens is 12. The molecule has 0 radical (unpaired) electrons. The summed E-state index contributed by atoms with van der Waals surface area (Å²) in [5.74, 6) is -11.3. The summed E-state index contributed by atoms with van der Waals surface area (Å²) in [6.07, 6.45) is -4.42. The molecule has 0 atom stereocenters. The lowest BCUT2D eigenvalue weighted by atomic mass is 9.96. The van der Waals surface area contributed by atoms with Crippen LogP contribution in [0.25, 0.3) is 43.9 Å². The molecule has 2 nitrogen and oxygen atoms in total. The predicted molar refractivity (Wildman–Crippen MR) is 177 cm³/mol. The summed E-state index contributed by atoms with van der Waals surface area (Å²) in [6, 6.07) is 10.2. The van der Waals surface area contributed by atoms with Gasteiger partial charge in [-0.1, -0.05) is 43.9 Å². The van der Waals surface area contributed by atoms with Crippen LogP contribution < -0.4 is 4.74 Å². The first kappa shape index (κ1) is 38.0. The number of nitrogens with zero attached hydrogens (tertiary/aromatic N) is 1. The third-order valence-electron chi connectivity index (χ3n) is 8.47. The molecule has 0 spiro atoms. The van der Waals surface area contributed by atoms with Crippen LogP contribution in [0.2, 0.25) is 0 Å². The van der Waals surface area contributed by atoms with Gasteiger partial charge in [0.2, 0.25) is 0 Å². The van der Waals surface area contributed by atoms with Crippen molar-refractivity contribution in [2.24, 2.45) is 0 Å². The summed E-state index contributed by atoms with van der Waals surface area (Å²) in [5.41, 5.74) is -3.16. The maximum absolute atomic E-state index is 15.8. The highest BCUT2D eigenvalue weighted by atomic mass is 19.4. The minimum absolute atomic E-state index is 0.0745. The van der Waals surface area contributed by atoms with E-state index in [1.807, 2.05) is 6.07 Å². The molecule has 14 heteroatoms. The molecule has 6 rings (SSSR count). The van der Waals surface area contributed by atoms with Gasteiger partial charge < -0.3 is 4.74 Å². The summed E-state index contributed by atoms with van der Waals surface area (Å²) in [5, 5.41) is -2.04. The van der Waals surface area contributed by atoms with E-state index in [0.717, 1.165) is 37.3 Å². The number of unbranched alkanes of at least 4 members (excludes halogenated alkanes) is 2. The molecule has 0 N–H and O–H groups in total. The number of hydrogen-bond acceptors (Lipinski definition) is 2. The molecule has 0 fully saturated rings. The molecular weight excluding hydrogens is 738 g/mol. The van der Waals surface area contributed by atoms with E-state index in [0.29, 0.717) is 29.3 Å². The van der Waals surface area contributed by atoms with Crippen molar-refractivity contribution in [3.63, 3.8) is 0 Å². The van der Waals surface area contributed by atoms with E-state index in [2.05, 4.69) is 16.6 Å². The molecule has 0 aliphatic heterocycles. The number of benzene rings is 5. The molecule has 0 aliphatic carbocycles. The van der Waals surface area contributed by atoms with Gasteiger partial charge in [-0.05, 0) is 77.2 Å². The molecule has 5 aromatic carbocycles. The molecule has 0 aliphatic rings. The van der Waals surface area contributed by atoms with Gasteiger partial charge in [0.25, 0.3) is 0 Å². The van der Waals surface area contributed by atoms with Crippen molar-refractivity contribution in [3.8, 4) is 40.0 Å². The second-order valence-electron chi connectivity index (χ2n) is 12.2. The number of aromatic nitrogens is 1. The lowest BCUT2D eigenvalue weighted by molar-refractivity contribution is -0.189. The molecular formula is C40H23F12NO. The Kier molecular flexibility index (Phi) is 10.3. The number of ether oxygens (including phenoxy) is 1. The summed E-state index contributed by atoms with van der Waals surface area (Å²) < 4.78 is 178.